The predicted octanol–water partition coefficient (Wildman–Crippen LogP) is 2.71. The van der Waals surface area contributed by atoms with Crippen LogP contribution in [0.25, 0.3) is 11.1 Å². The van der Waals surface area contributed by atoms with Gasteiger partial charge < -0.3 is 0 Å². The van der Waals surface area contributed by atoms with Crippen LogP contribution >= 0.6 is 11.3 Å². The van der Waals surface area contributed by atoms with Crippen molar-refractivity contribution in [3.63, 3.8) is 0 Å². The minimum absolute atomic E-state index is 1.03. The second-order valence-corrected chi connectivity index (χ2v) is 3.93. The van der Waals surface area contributed by atoms with Crippen LogP contribution in [0.5, 0.6) is 0 Å². The Labute approximate surface area is 74.7 Å². The molecule has 1 aliphatic carbocycles. The maximum atomic E-state index is 4.35. The van der Waals surface area contributed by atoms with Crippen LogP contribution in [0.2, 0.25) is 0 Å². The summed E-state index contributed by atoms with van der Waals surface area (Å²) < 4.78 is 0. The highest BCUT2D eigenvalue weighted by Crippen LogP contribution is 2.38. The van der Waals surface area contributed by atoms with Gasteiger partial charge in [-0.05, 0) is 23.1 Å². The molecule has 0 N–H and O–H groups in total. The molecule has 1 aliphatic rings. The first-order chi connectivity index (χ1) is 5.95. The van der Waals surface area contributed by atoms with Gasteiger partial charge in [0.25, 0.3) is 0 Å². The topological polar surface area (TPSA) is 12.9 Å². The van der Waals surface area contributed by atoms with Crippen molar-refractivity contribution in [2.45, 2.75) is 6.42 Å². The Bertz CT molecular complexity index is 431. The van der Waals surface area contributed by atoms with E-state index in [1.165, 1.54) is 21.7 Å². The lowest BCUT2D eigenvalue weighted by molar-refractivity contribution is 1.14. The first kappa shape index (κ1) is 6.38. The fourth-order valence-electron chi connectivity index (χ4n) is 1.69. The van der Waals surface area contributed by atoms with Gasteiger partial charge in [-0.1, -0.05) is 6.07 Å². The number of pyridine rings is 1. The molecular weight excluding hydrogens is 166 g/mol. The monoisotopic (exact) mass is 173 g/mol. The van der Waals surface area contributed by atoms with Crippen molar-refractivity contribution in [1.82, 2.24) is 4.98 Å². The second-order valence-electron chi connectivity index (χ2n) is 2.93. The summed E-state index contributed by atoms with van der Waals surface area (Å²) in [5.74, 6) is 0. The van der Waals surface area contributed by atoms with Gasteiger partial charge in [0.05, 0.1) is 5.69 Å². The van der Waals surface area contributed by atoms with E-state index in [1.54, 1.807) is 0 Å². The number of rotatable bonds is 0. The Morgan fingerprint density at radius 2 is 2.25 bits per heavy atom. The lowest BCUT2D eigenvalue weighted by Crippen LogP contribution is -1.83. The van der Waals surface area contributed by atoms with Crippen LogP contribution in [-0.4, -0.2) is 4.98 Å². The van der Waals surface area contributed by atoms with E-state index in [-0.39, 0.29) is 0 Å². The average Bonchev–Trinajstić information content (AvgIpc) is 2.62. The van der Waals surface area contributed by atoms with E-state index in [4.69, 9.17) is 0 Å². The van der Waals surface area contributed by atoms with Crippen LogP contribution < -0.4 is 0 Å². The standard InChI is InChI=1S/C10H7NS/c1-2-7-8-3-5-12-10(8)6-9(7)11-4-1/h1-5H,6H2. The third-order valence-corrected chi connectivity index (χ3v) is 3.17. The van der Waals surface area contributed by atoms with Gasteiger partial charge in [-0.2, -0.15) is 0 Å². The van der Waals surface area contributed by atoms with E-state index in [0.29, 0.717) is 0 Å². The average molecular weight is 173 g/mol. The Morgan fingerprint density at radius 3 is 3.25 bits per heavy atom. The molecule has 1 nitrogen and oxygen atoms in total. The van der Waals surface area contributed by atoms with Gasteiger partial charge in [-0.15, -0.1) is 11.3 Å². The quantitative estimate of drug-likeness (QED) is 0.509. The summed E-state index contributed by atoms with van der Waals surface area (Å²) >= 11 is 1.83. The SMILES string of the molecule is c1cnc2c(c1)-c1ccsc1C2. The van der Waals surface area contributed by atoms with Gasteiger partial charge in [-0.3, -0.25) is 4.98 Å². The molecule has 0 aliphatic heterocycles. The summed E-state index contributed by atoms with van der Waals surface area (Å²) in [5, 5.41) is 2.15. The van der Waals surface area contributed by atoms with Gasteiger partial charge in [0.15, 0.2) is 0 Å². The van der Waals surface area contributed by atoms with Crippen molar-refractivity contribution in [3.05, 3.63) is 40.3 Å². The lowest BCUT2D eigenvalue weighted by Gasteiger charge is -1.94. The van der Waals surface area contributed by atoms with Gasteiger partial charge in [0.1, 0.15) is 0 Å². The van der Waals surface area contributed by atoms with E-state index in [1.807, 2.05) is 23.6 Å². The van der Waals surface area contributed by atoms with E-state index >= 15 is 0 Å². The highest BCUT2D eigenvalue weighted by Gasteiger charge is 2.19. The van der Waals surface area contributed by atoms with Crippen molar-refractivity contribution in [1.29, 1.82) is 0 Å². The Balaban J connectivity index is 2.34. The van der Waals surface area contributed by atoms with Crippen LogP contribution in [0.1, 0.15) is 10.6 Å². The van der Waals surface area contributed by atoms with E-state index in [9.17, 15) is 0 Å². The van der Waals surface area contributed by atoms with Crippen LogP contribution in [0.3, 0.4) is 0 Å². The Morgan fingerprint density at radius 1 is 1.25 bits per heavy atom. The molecule has 2 aromatic heterocycles. The zero-order chi connectivity index (χ0) is 7.97. The number of thiophene rings is 1. The van der Waals surface area contributed by atoms with Gasteiger partial charge in [-0.25, -0.2) is 0 Å². The molecule has 0 unspecified atom stereocenters. The molecule has 0 bridgehead atoms. The highest BCUT2D eigenvalue weighted by molar-refractivity contribution is 7.10. The zero-order valence-corrected chi connectivity index (χ0v) is 7.27. The van der Waals surface area contributed by atoms with Crippen LogP contribution in [0.4, 0.5) is 0 Å². The Kier molecular flexibility index (Phi) is 1.15. The number of fused-ring (bicyclic) bond motifs is 3. The molecule has 3 rings (SSSR count). The highest BCUT2D eigenvalue weighted by atomic mass is 32.1. The molecule has 0 saturated heterocycles. The molecule has 0 fully saturated rings. The summed E-state index contributed by atoms with van der Waals surface area (Å²) in [7, 11) is 0. The summed E-state index contributed by atoms with van der Waals surface area (Å²) in [6.07, 6.45) is 2.90. The van der Waals surface area contributed by atoms with Crippen molar-refractivity contribution in [2.24, 2.45) is 0 Å². The normalized spacial score (nSPS) is 12.7. The molecule has 2 heteroatoms. The van der Waals surface area contributed by atoms with Gasteiger partial charge >= 0.3 is 0 Å². The molecule has 58 valence electrons. The third kappa shape index (κ3) is 0.703. The second kappa shape index (κ2) is 2.17. The maximum absolute atomic E-state index is 4.35. The summed E-state index contributed by atoms with van der Waals surface area (Å²) in [6, 6.07) is 6.35. The molecule has 2 heterocycles. The van der Waals surface area contributed by atoms with E-state index in [2.05, 4.69) is 22.5 Å². The molecule has 0 radical (unpaired) electrons. The Hall–Kier alpha value is -1.15. The van der Waals surface area contributed by atoms with Crippen molar-refractivity contribution in [3.8, 4) is 11.1 Å². The molecule has 0 saturated carbocycles. The minimum atomic E-state index is 1.03. The summed E-state index contributed by atoms with van der Waals surface area (Å²) in [4.78, 5) is 5.81. The first-order valence-electron chi connectivity index (χ1n) is 3.96. The fraction of sp³-hybridized carbons (Fsp3) is 0.100. The minimum Gasteiger partial charge on any atom is -0.260 e. The molecule has 12 heavy (non-hydrogen) atoms. The molecule has 0 aromatic carbocycles. The summed E-state index contributed by atoms with van der Waals surface area (Å²) in [6.45, 7) is 0. The smallest absolute Gasteiger partial charge is 0.0534 e. The van der Waals surface area contributed by atoms with Crippen LogP contribution in [0, 0.1) is 0 Å². The maximum Gasteiger partial charge on any atom is 0.0534 e. The van der Waals surface area contributed by atoms with E-state index in [0.717, 1.165) is 6.42 Å². The lowest BCUT2D eigenvalue weighted by atomic mass is 10.2. The van der Waals surface area contributed by atoms with Crippen molar-refractivity contribution < 1.29 is 0 Å². The van der Waals surface area contributed by atoms with Crippen molar-refractivity contribution >= 4 is 11.3 Å². The largest absolute Gasteiger partial charge is 0.260 e. The first-order valence-corrected chi connectivity index (χ1v) is 4.84. The number of hydrogen-bond acceptors (Lipinski definition) is 2. The van der Waals surface area contributed by atoms with Crippen LogP contribution in [0.15, 0.2) is 29.8 Å². The number of hydrogen-bond donors (Lipinski definition) is 0. The van der Waals surface area contributed by atoms with Crippen LogP contribution in [-0.2, 0) is 6.42 Å². The fourth-order valence-corrected chi connectivity index (χ4v) is 2.59. The predicted molar refractivity (Wildman–Crippen MR) is 50.4 cm³/mol. The van der Waals surface area contributed by atoms with Gasteiger partial charge in [0.2, 0.25) is 0 Å². The molecule has 0 amide bonds. The molecule has 0 spiro atoms. The third-order valence-electron chi connectivity index (χ3n) is 2.25. The zero-order valence-electron chi connectivity index (χ0n) is 6.45. The van der Waals surface area contributed by atoms with Gasteiger partial charge in [0, 0.05) is 23.1 Å². The molecule has 0 atom stereocenters. The molecular formula is C10H7NS. The number of nitrogens with zero attached hydrogens (tertiary/aromatic N) is 1. The molecule has 2 aromatic rings. The summed E-state index contributed by atoms with van der Waals surface area (Å²) in [5.41, 5.74) is 3.95. The van der Waals surface area contributed by atoms with E-state index < -0.39 is 0 Å². The number of aromatic nitrogens is 1. The van der Waals surface area contributed by atoms with Crippen molar-refractivity contribution in [2.75, 3.05) is 0 Å².